The molecule has 1 amide bonds. The Labute approximate surface area is 74.5 Å². The van der Waals surface area contributed by atoms with Gasteiger partial charge in [0.15, 0.2) is 0 Å². The van der Waals surface area contributed by atoms with Crippen molar-refractivity contribution in [2.24, 2.45) is 0 Å². The van der Waals surface area contributed by atoms with E-state index in [-0.39, 0.29) is 12.0 Å². The van der Waals surface area contributed by atoms with E-state index in [0.29, 0.717) is 13.0 Å². The molecule has 12 heavy (non-hydrogen) atoms. The highest BCUT2D eigenvalue weighted by Gasteiger charge is 2.17. The van der Waals surface area contributed by atoms with E-state index < -0.39 is 0 Å². The fourth-order valence-corrected chi connectivity index (χ4v) is 0.798. The molecule has 0 aromatic carbocycles. The molecule has 72 valence electrons. The van der Waals surface area contributed by atoms with Crippen LogP contribution < -0.4 is 5.32 Å². The lowest BCUT2D eigenvalue weighted by Crippen LogP contribution is -2.39. The number of rotatable bonds is 3. The zero-order valence-electron chi connectivity index (χ0n) is 8.22. The Bertz CT molecular complexity index is 122. The van der Waals surface area contributed by atoms with Crippen LogP contribution in [0.5, 0.6) is 0 Å². The molecule has 0 aromatic rings. The van der Waals surface area contributed by atoms with Gasteiger partial charge in [-0.1, -0.05) is 20.8 Å². The van der Waals surface area contributed by atoms with Crippen LogP contribution in [0.2, 0.25) is 0 Å². The average Bonchev–Trinajstić information content (AvgIpc) is 2.05. The molecule has 0 aromatic heterocycles. The molecule has 1 fully saturated rings. The summed E-state index contributed by atoms with van der Waals surface area (Å²) in [6.07, 6.45) is 1.94. The molecule has 1 saturated heterocycles. The lowest BCUT2D eigenvalue weighted by atomic mass is 10.2. The Morgan fingerprint density at radius 2 is 2.17 bits per heavy atom. The van der Waals surface area contributed by atoms with Crippen molar-refractivity contribution in [3.63, 3.8) is 0 Å². The first kappa shape index (κ1) is 11.4. The van der Waals surface area contributed by atoms with E-state index in [4.69, 9.17) is 4.74 Å². The third-order valence-corrected chi connectivity index (χ3v) is 1.64. The minimum Gasteiger partial charge on any atom is -0.376 e. The first-order valence-corrected chi connectivity index (χ1v) is 4.71. The summed E-state index contributed by atoms with van der Waals surface area (Å²) in [6.45, 7) is 7.39. The van der Waals surface area contributed by atoms with E-state index >= 15 is 0 Å². The van der Waals surface area contributed by atoms with E-state index in [1.807, 2.05) is 20.8 Å². The lowest BCUT2D eigenvalue weighted by molar-refractivity contribution is -0.122. The smallest absolute Gasteiger partial charge is 0.219 e. The maximum atomic E-state index is 10.7. The van der Waals surface area contributed by atoms with Gasteiger partial charge in [-0.2, -0.15) is 0 Å². The molecule has 1 atom stereocenters. The average molecular weight is 173 g/mol. The van der Waals surface area contributed by atoms with E-state index in [1.54, 1.807) is 0 Å². The quantitative estimate of drug-likeness (QED) is 0.699. The van der Waals surface area contributed by atoms with Gasteiger partial charge in [0.05, 0.1) is 6.10 Å². The molecule has 3 nitrogen and oxygen atoms in total. The van der Waals surface area contributed by atoms with E-state index in [0.717, 1.165) is 13.0 Å². The standard InChI is InChI=1S/C7H13NO2.C2H6/c1-2-7(9)8-5-6-3-4-10-6;1-2/h6H,2-5H2,1H3,(H,8,9);1-2H3. The SMILES string of the molecule is CC.CCC(=O)NCC1CCO1. The zero-order chi connectivity index (χ0) is 9.40. The van der Waals surface area contributed by atoms with Crippen molar-refractivity contribution in [2.75, 3.05) is 13.2 Å². The molecule has 1 heterocycles. The highest BCUT2D eigenvalue weighted by molar-refractivity contribution is 5.75. The van der Waals surface area contributed by atoms with Crippen molar-refractivity contribution in [3.05, 3.63) is 0 Å². The maximum Gasteiger partial charge on any atom is 0.219 e. The predicted molar refractivity (Wildman–Crippen MR) is 49.0 cm³/mol. The van der Waals surface area contributed by atoms with Gasteiger partial charge in [0.2, 0.25) is 5.91 Å². The third-order valence-electron chi connectivity index (χ3n) is 1.64. The third kappa shape index (κ3) is 4.34. The second-order valence-electron chi connectivity index (χ2n) is 2.44. The van der Waals surface area contributed by atoms with Gasteiger partial charge in [0.1, 0.15) is 0 Å². The topological polar surface area (TPSA) is 38.3 Å². The van der Waals surface area contributed by atoms with Crippen LogP contribution in [-0.2, 0) is 9.53 Å². The number of nitrogens with one attached hydrogen (secondary N) is 1. The second-order valence-corrected chi connectivity index (χ2v) is 2.44. The Hall–Kier alpha value is -0.570. The molecule has 0 spiro atoms. The summed E-state index contributed by atoms with van der Waals surface area (Å²) in [5, 5.41) is 2.77. The fraction of sp³-hybridized carbons (Fsp3) is 0.889. The molecule has 1 N–H and O–H groups in total. The van der Waals surface area contributed by atoms with E-state index in [1.165, 1.54) is 0 Å². The van der Waals surface area contributed by atoms with Crippen molar-refractivity contribution >= 4 is 5.91 Å². The van der Waals surface area contributed by atoms with Gasteiger partial charge in [-0.15, -0.1) is 0 Å². The molecule has 1 aliphatic rings. The van der Waals surface area contributed by atoms with E-state index in [2.05, 4.69) is 5.32 Å². The molecule has 1 aliphatic heterocycles. The highest BCUT2D eigenvalue weighted by atomic mass is 16.5. The highest BCUT2D eigenvalue weighted by Crippen LogP contribution is 2.08. The van der Waals surface area contributed by atoms with Gasteiger partial charge < -0.3 is 10.1 Å². The maximum absolute atomic E-state index is 10.7. The summed E-state index contributed by atoms with van der Waals surface area (Å²) in [6, 6.07) is 0. The van der Waals surface area contributed by atoms with Crippen LogP contribution in [0.25, 0.3) is 0 Å². The largest absolute Gasteiger partial charge is 0.376 e. The van der Waals surface area contributed by atoms with Crippen LogP contribution in [-0.4, -0.2) is 25.2 Å². The first-order valence-electron chi connectivity index (χ1n) is 4.71. The molecule has 0 bridgehead atoms. The van der Waals surface area contributed by atoms with Gasteiger partial charge in [0.25, 0.3) is 0 Å². The molecule has 1 unspecified atom stereocenters. The number of carbonyl (C=O) groups excluding carboxylic acids is 1. The van der Waals surface area contributed by atoms with E-state index in [9.17, 15) is 4.79 Å². The summed E-state index contributed by atoms with van der Waals surface area (Å²) in [7, 11) is 0. The number of hydrogen-bond acceptors (Lipinski definition) is 2. The summed E-state index contributed by atoms with van der Waals surface area (Å²) >= 11 is 0. The van der Waals surface area contributed by atoms with Crippen LogP contribution in [0.1, 0.15) is 33.6 Å². The number of amides is 1. The Kier molecular flexibility index (Phi) is 6.76. The summed E-state index contributed by atoms with van der Waals surface area (Å²) in [4.78, 5) is 10.7. The second kappa shape index (κ2) is 7.10. The predicted octanol–water partition coefficient (Wildman–Crippen LogP) is 1.33. The van der Waals surface area contributed by atoms with Crippen molar-refractivity contribution < 1.29 is 9.53 Å². The molecular weight excluding hydrogens is 154 g/mol. The minimum atomic E-state index is 0.107. The normalized spacial score (nSPS) is 20.1. The van der Waals surface area contributed by atoms with Crippen LogP contribution >= 0.6 is 0 Å². The van der Waals surface area contributed by atoms with Gasteiger partial charge in [-0.05, 0) is 6.42 Å². The fourth-order valence-electron chi connectivity index (χ4n) is 0.798. The monoisotopic (exact) mass is 173 g/mol. The number of carbonyl (C=O) groups is 1. The Morgan fingerprint density at radius 3 is 2.50 bits per heavy atom. The molecule has 0 aliphatic carbocycles. The molecular formula is C9H19NO2. The van der Waals surface area contributed by atoms with Crippen LogP contribution in [0.3, 0.4) is 0 Å². The van der Waals surface area contributed by atoms with Crippen LogP contribution in [0.4, 0.5) is 0 Å². The van der Waals surface area contributed by atoms with Gasteiger partial charge in [0, 0.05) is 19.6 Å². The molecule has 0 saturated carbocycles. The van der Waals surface area contributed by atoms with Crippen molar-refractivity contribution in [1.29, 1.82) is 0 Å². The molecule has 0 radical (unpaired) electrons. The van der Waals surface area contributed by atoms with Crippen LogP contribution in [0, 0.1) is 0 Å². The molecule has 3 heteroatoms. The summed E-state index contributed by atoms with van der Waals surface area (Å²) in [5.41, 5.74) is 0. The Balaban J connectivity index is 0.000000561. The first-order chi connectivity index (χ1) is 5.83. The van der Waals surface area contributed by atoms with Crippen molar-refractivity contribution in [1.82, 2.24) is 5.32 Å². The minimum absolute atomic E-state index is 0.107. The molecule has 1 rings (SSSR count). The zero-order valence-corrected chi connectivity index (χ0v) is 8.22. The summed E-state index contributed by atoms with van der Waals surface area (Å²) < 4.78 is 5.11. The lowest BCUT2D eigenvalue weighted by Gasteiger charge is -2.26. The van der Waals surface area contributed by atoms with Gasteiger partial charge >= 0.3 is 0 Å². The summed E-state index contributed by atoms with van der Waals surface area (Å²) in [5.74, 6) is 0.107. The number of ether oxygens (including phenoxy) is 1. The Morgan fingerprint density at radius 1 is 1.58 bits per heavy atom. The van der Waals surface area contributed by atoms with Gasteiger partial charge in [-0.25, -0.2) is 0 Å². The van der Waals surface area contributed by atoms with Crippen molar-refractivity contribution in [2.45, 2.75) is 39.7 Å². The van der Waals surface area contributed by atoms with Gasteiger partial charge in [-0.3, -0.25) is 4.79 Å². The van der Waals surface area contributed by atoms with Crippen LogP contribution in [0.15, 0.2) is 0 Å². The number of hydrogen-bond donors (Lipinski definition) is 1. The van der Waals surface area contributed by atoms with Crippen molar-refractivity contribution in [3.8, 4) is 0 Å².